The van der Waals surface area contributed by atoms with Crippen LogP contribution < -0.4 is 0 Å². The number of rotatable bonds is 5. The summed E-state index contributed by atoms with van der Waals surface area (Å²) in [6.45, 7) is 0.894. The van der Waals surface area contributed by atoms with E-state index < -0.39 is 40.8 Å². The summed E-state index contributed by atoms with van der Waals surface area (Å²) in [5.74, 6) is -8.20. The fourth-order valence-electron chi connectivity index (χ4n) is 2.79. The zero-order chi connectivity index (χ0) is 19.4. The Hall–Kier alpha value is -2.45. The zero-order valence-corrected chi connectivity index (χ0v) is 14.3. The third-order valence-electron chi connectivity index (χ3n) is 4.17. The average Bonchev–Trinajstić information content (AvgIpc) is 2.69. The van der Waals surface area contributed by atoms with E-state index in [4.69, 9.17) is 9.47 Å². The summed E-state index contributed by atoms with van der Waals surface area (Å²) >= 11 is 0. The van der Waals surface area contributed by atoms with Crippen LogP contribution in [-0.2, 0) is 16.1 Å². The summed E-state index contributed by atoms with van der Waals surface area (Å²) in [7, 11) is 0. The minimum atomic E-state index is -2.01. The Morgan fingerprint density at radius 2 is 1.85 bits per heavy atom. The van der Waals surface area contributed by atoms with Crippen LogP contribution in [0.3, 0.4) is 0 Å². The van der Waals surface area contributed by atoms with Gasteiger partial charge < -0.3 is 14.4 Å². The molecule has 2 aromatic rings. The molecule has 4 nitrogen and oxygen atoms in total. The minimum absolute atomic E-state index is 0.0632. The molecule has 144 valence electrons. The Morgan fingerprint density at radius 1 is 1.11 bits per heavy atom. The van der Waals surface area contributed by atoms with Crippen LogP contribution in [0.5, 0.6) is 0 Å². The lowest BCUT2D eigenvalue weighted by atomic mass is 10.1. The molecule has 1 heterocycles. The molecule has 1 amide bonds. The molecule has 27 heavy (non-hydrogen) atoms. The van der Waals surface area contributed by atoms with E-state index in [0.717, 1.165) is 5.56 Å². The highest BCUT2D eigenvalue weighted by Crippen LogP contribution is 2.21. The maximum absolute atomic E-state index is 13.9. The van der Waals surface area contributed by atoms with Crippen LogP contribution in [-0.4, -0.2) is 43.2 Å². The number of amides is 1. The van der Waals surface area contributed by atoms with Gasteiger partial charge in [-0.2, -0.15) is 0 Å². The number of hydrogen-bond donors (Lipinski definition) is 0. The van der Waals surface area contributed by atoms with Crippen molar-refractivity contribution < 1.29 is 31.8 Å². The van der Waals surface area contributed by atoms with Crippen molar-refractivity contribution in [3.63, 3.8) is 0 Å². The predicted molar refractivity (Wildman–Crippen MR) is 88.0 cm³/mol. The molecule has 1 atom stereocenters. The maximum Gasteiger partial charge on any atom is 0.257 e. The summed E-state index contributed by atoms with van der Waals surface area (Å²) in [6, 6.07) is 9.82. The topological polar surface area (TPSA) is 38.8 Å². The molecule has 0 saturated carbocycles. The second-order valence-corrected chi connectivity index (χ2v) is 6.09. The van der Waals surface area contributed by atoms with Crippen LogP contribution in [0.4, 0.5) is 17.6 Å². The molecule has 1 fully saturated rings. The smallest absolute Gasteiger partial charge is 0.257 e. The van der Waals surface area contributed by atoms with Gasteiger partial charge in [0.05, 0.1) is 31.5 Å². The van der Waals surface area contributed by atoms with Gasteiger partial charge in [0.1, 0.15) is 0 Å². The van der Waals surface area contributed by atoms with Crippen LogP contribution in [0.2, 0.25) is 0 Å². The summed E-state index contributed by atoms with van der Waals surface area (Å²) in [5, 5.41) is 0. The lowest BCUT2D eigenvalue weighted by Crippen LogP contribution is -2.47. The molecule has 0 radical (unpaired) electrons. The predicted octanol–water partition coefficient (Wildman–Crippen LogP) is 3.30. The first kappa shape index (κ1) is 19.3. The van der Waals surface area contributed by atoms with Gasteiger partial charge in [-0.3, -0.25) is 4.79 Å². The van der Waals surface area contributed by atoms with E-state index in [1.54, 1.807) is 0 Å². The minimum Gasteiger partial charge on any atom is -0.374 e. The van der Waals surface area contributed by atoms with Crippen molar-refractivity contribution in [2.24, 2.45) is 0 Å². The Morgan fingerprint density at radius 3 is 2.59 bits per heavy atom. The highest BCUT2D eigenvalue weighted by molar-refractivity contribution is 5.94. The first-order valence-electron chi connectivity index (χ1n) is 8.33. The van der Waals surface area contributed by atoms with Crippen molar-refractivity contribution in [3.8, 4) is 0 Å². The quantitative estimate of drug-likeness (QED) is 0.452. The molecular weight excluding hydrogens is 366 g/mol. The van der Waals surface area contributed by atoms with E-state index in [2.05, 4.69) is 0 Å². The summed E-state index contributed by atoms with van der Waals surface area (Å²) in [5.41, 5.74) is 0.123. The maximum atomic E-state index is 13.9. The lowest BCUT2D eigenvalue weighted by molar-refractivity contribution is -0.0648. The van der Waals surface area contributed by atoms with Crippen molar-refractivity contribution in [1.82, 2.24) is 4.90 Å². The number of morpholine rings is 1. The van der Waals surface area contributed by atoms with Gasteiger partial charge in [-0.25, -0.2) is 17.6 Å². The van der Waals surface area contributed by atoms with E-state index in [9.17, 15) is 22.4 Å². The van der Waals surface area contributed by atoms with Crippen molar-refractivity contribution in [2.75, 3.05) is 26.3 Å². The number of carbonyl (C=O) groups is 1. The molecular formula is C19H17F4NO3. The van der Waals surface area contributed by atoms with Crippen LogP contribution in [0.15, 0.2) is 36.4 Å². The number of hydrogen-bond acceptors (Lipinski definition) is 3. The van der Waals surface area contributed by atoms with Crippen LogP contribution in [0.1, 0.15) is 15.9 Å². The zero-order valence-electron chi connectivity index (χ0n) is 14.3. The highest BCUT2D eigenvalue weighted by atomic mass is 19.2. The van der Waals surface area contributed by atoms with Crippen LogP contribution >= 0.6 is 0 Å². The van der Waals surface area contributed by atoms with E-state index in [1.807, 2.05) is 30.3 Å². The highest BCUT2D eigenvalue weighted by Gasteiger charge is 2.30. The molecule has 0 aliphatic carbocycles. The normalized spacial score (nSPS) is 17.2. The van der Waals surface area contributed by atoms with Crippen molar-refractivity contribution >= 4 is 5.91 Å². The molecule has 1 aliphatic rings. The fraction of sp³-hybridized carbons (Fsp3) is 0.316. The molecule has 0 bridgehead atoms. The van der Waals surface area contributed by atoms with Gasteiger partial charge in [0.15, 0.2) is 23.3 Å². The van der Waals surface area contributed by atoms with Crippen LogP contribution in [0, 0.1) is 23.3 Å². The van der Waals surface area contributed by atoms with E-state index in [1.165, 1.54) is 4.90 Å². The van der Waals surface area contributed by atoms with Gasteiger partial charge in [0, 0.05) is 13.1 Å². The number of ether oxygens (including phenoxy) is 2. The largest absolute Gasteiger partial charge is 0.374 e. The first-order chi connectivity index (χ1) is 13.0. The fourth-order valence-corrected chi connectivity index (χ4v) is 2.79. The third-order valence-corrected chi connectivity index (χ3v) is 4.17. The number of carbonyl (C=O) groups excluding carboxylic acids is 1. The van der Waals surface area contributed by atoms with Gasteiger partial charge in [-0.1, -0.05) is 30.3 Å². The Labute approximate surface area is 153 Å². The number of halogens is 4. The second kappa shape index (κ2) is 8.49. The molecule has 0 N–H and O–H groups in total. The Balaban J connectivity index is 1.61. The SMILES string of the molecule is O=C(c1cc(F)c(F)c(F)c1F)N1CCOC(COCc2ccccc2)C1. The van der Waals surface area contributed by atoms with Gasteiger partial charge in [0.2, 0.25) is 0 Å². The van der Waals surface area contributed by atoms with E-state index in [-0.39, 0.29) is 26.3 Å². The van der Waals surface area contributed by atoms with Gasteiger partial charge >= 0.3 is 0 Å². The van der Waals surface area contributed by atoms with Gasteiger partial charge in [-0.05, 0) is 11.6 Å². The monoisotopic (exact) mass is 383 g/mol. The van der Waals surface area contributed by atoms with Gasteiger partial charge in [-0.15, -0.1) is 0 Å². The van der Waals surface area contributed by atoms with Crippen LogP contribution in [0.25, 0.3) is 0 Å². The van der Waals surface area contributed by atoms with Crippen molar-refractivity contribution in [2.45, 2.75) is 12.7 Å². The molecule has 0 spiro atoms. The van der Waals surface area contributed by atoms with E-state index in [0.29, 0.717) is 12.7 Å². The Bertz CT molecular complexity index is 816. The number of nitrogens with zero attached hydrogens (tertiary/aromatic N) is 1. The molecule has 3 rings (SSSR count). The summed E-state index contributed by atoms with van der Waals surface area (Å²) < 4.78 is 64.7. The molecule has 1 aliphatic heterocycles. The summed E-state index contributed by atoms with van der Waals surface area (Å²) in [4.78, 5) is 13.6. The molecule has 0 aromatic heterocycles. The molecule has 8 heteroatoms. The number of benzene rings is 2. The average molecular weight is 383 g/mol. The van der Waals surface area contributed by atoms with E-state index >= 15 is 0 Å². The Kier molecular flexibility index (Phi) is 6.08. The second-order valence-electron chi connectivity index (χ2n) is 6.09. The standard InChI is InChI=1S/C19H17F4NO3/c20-15-8-14(16(21)18(23)17(15)22)19(25)24-6-7-27-13(9-24)11-26-10-12-4-2-1-3-5-12/h1-5,8,13H,6-7,9-11H2. The van der Waals surface area contributed by atoms with Gasteiger partial charge in [0.25, 0.3) is 5.91 Å². The molecule has 1 saturated heterocycles. The molecule has 2 aromatic carbocycles. The molecule has 1 unspecified atom stereocenters. The summed E-state index contributed by atoms with van der Waals surface area (Å²) in [6.07, 6.45) is -0.468. The third kappa shape index (κ3) is 4.45. The van der Waals surface area contributed by atoms with Crippen molar-refractivity contribution in [3.05, 3.63) is 70.8 Å². The first-order valence-corrected chi connectivity index (χ1v) is 8.33. The van der Waals surface area contributed by atoms with Crippen molar-refractivity contribution in [1.29, 1.82) is 0 Å². The lowest BCUT2D eigenvalue weighted by Gasteiger charge is -2.33.